The lowest BCUT2D eigenvalue weighted by Gasteiger charge is -2.27. The van der Waals surface area contributed by atoms with Gasteiger partial charge in [0.25, 0.3) is 17.7 Å². The van der Waals surface area contributed by atoms with Gasteiger partial charge < -0.3 is 14.8 Å². The average molecular weight is 552 g/mol. The molecule has 0 spiro atoms. The molecule has 0 unspecified atom stereocenters. The SMILES string of the molecule is CCOc1cc(/C=C2/C(=O)NC(=O)N(c3cccc(Cl)c3C)C2=O)ccc1OCC(=O)Nc1ccccc1F. The number of hydrogen-bond acceptors (Lipinski definition) is 6. The van der Waals surface area contributed by atoms with Crippen molar-refractivity contribution in [2.75, 3.05) is 23.4 Å². The van der Waals surface area contributed by atoms with Crippen molar-refractivity contribution in [3.05, 3.63) is 88.2 Å². The van der Waals surface area contributed by atoms with Crippen LogP contribution in [0.5, 0.6) is 11.5 Å². The number of carbonyl (C=O) groups excluding carboxylic acids is 4. The van der Waals surface area contributed by atoms with E-state index >= 15 is 0 Å². The van der Waals surface area contributed by atoms with E-state index in [-0.39, 0.29) is 35.1 Å². The Balaban J connectivity index is 1.56. The van der Waals surface area contributed by atoms with Gasteiger partial charge in [0, 0.05) is 5.02 Å². The number of nitrogens with one attached hydrogen (secondary N) is 2. The number of para-hydroxylation sites is 1. The van der Waals surface area contributed by atoms with E-state index in [1.807, 2.05) is 0 Å². The van der Waals surface area contributed by atoms with E-state index in [1.54, 1.807) is 44.2 Å². The fourth-order valence-corrected chi connectivity index (χ4v) is 3.94. The molecule has 1 saturated heterocycles. The highest BCUT2D eigenvalue weighted by Gasteiger charge is 2.37. The lowest BCUT2D eigenvalue weighted by Crippen LogP contribution is -2.54. The van der Waals surface area contributed by atoms with Gasteiger partial charge in [-0.1, -0.05) is 35.9 Å². The Bertz CT molecular complexity index is 1510. The second kappa shape index (κ2) is 11.8. The Morgan fingerprint density at radius 1 is 1.05 bits per heavy atom. The Kier molecular flexibility index (Phi) is 8.26. The highest BCUT2D eigenvalue weighted by Crippen LogP contribution is 2.32. The van der Waals surface area contributed by atoms with Gasteiger partial charge in [0.2, 0.25) is 0 Å². The van der Waals surface area contributed by atoms with E-state index in [0.717, 1.165) is 4.90 Å². The van der Waals surface area contributed by atoms with E-state index < -0.39 is 36.2 Å². The lowest BCUT2D eigenvalue weighted by molar-refractivity contribution is -0.122. The monoisotopic (exact) mass is 551 g/mol. The summed E-state index contributed by atoms with van der Waals surface area (Å²) in [4.78, 5) is 51.5. The number of anilines is 2. The fourth-order valence-electron chi connectivity index (χ4n) is 3.78. The zero-order valence-electron chi connectivity index (χ0n) is 20.9. The van der Waals surface area contributed by atoms with Crippen LogP contribution in [0.2, 0.25) is 5.02 Å². The molecule has 3 aromatic rings. The summed E-state index contributed by atoms with van der Waals surface area (Å²) in [6.45, 7) is 3.23. The number of benzene rings is 3. The number of amides is 5. The van der Waals surface area contributed by atoms with Gasteiger partial charge >= 0.3 is 6.03 Å². The summed E-state index contributed by atoms with van der Waals surface area (Å²) in [7, 11) is 0. The molecule has 0 aliphatic carbocycles. The first-order chi connectivity index (χ1) is 18.7. The average Bonchev–Trinajstić information content (AvgIpc) is 2.90. The smallest absolute Gasteiger partial charge is 0.335 e. The third kappa shape index (κ3) is 6.07. The van der Waals surface area contributed by atoms with Crippen LogP contribution in [0, 0.1) is 12.7 Å². The molecule has 11 heteroatoms. The minimum absolute atomic E-state index is 0.0222. The van der Waals surface area contributed by atoms with Crippen LogP contribution in [0.1, 0.15) is 18.1 Å². The number of ether oxygens (including phenoxy) is 2. The van der Waals surface area contributed by atoms with E-state index in [4.69, 9.17) is 21.1 Å². The summed E-state index contributed by atoms with van der Waals surface area (Å²) in [6, 6.07) is 14.2. The Labute approximate surface area is 228 Å². The molecule has 0 bridgehead atoms. The van der Waals surface area contributed by atoms with Crippen molar-refractivity contribution in [1.29, 1.82) is 0 Å². The second-order valence-electron chi connectivity index (χ2n) is 8.30. The molecular weight excluding hydrogens is 529 g/mol. The number of halogens is 2. The van der Waals surface area contributed by atoms with Gasteiger partial charge in [-0.3, -0.25) is 19.7 Å². The zero-order valence-corrected chi connectivity index (χ0v) is 21.7. The van der Waals surface area contributed by atoms with Crippen molar-refractivity contribution in [3.63, 3.8) is 0 Å². The van der Waals surface area contributed by atoms with Crippen LogP contribution < -0.4 is 25.0 Å². The number of carbonyl (C=O) groups is 4. The van der Waals surface area contributed by atoms with E-state index in [2.05, 4.69) is 10.6 Å². The van der Waals surface area contributed by atoms with Crippen molar-refractivity contribution >= 4 is 52.8 Å². The van der Waals surface area contributed by atoms with Crippen LogP contribution in [0.3, 0.4) is 0 Å². The highest BCUT2D eigenvalue weighted by atomic mass is 35.5. The third-order valence-corrected chi connectivity index (χ3v) is 6.08. The van der Waals surface area contributed by atoms with Crippen molar-refractivity contribution in [3.8, 4) is 11.5 Å². The second-order valence-corrected chi connectivity index (χ2v) is 8.70. The molecule has 1 heterocycles. The molecule has 0 atom stereocenters. The van der Waals surface area contributed by atoms with Crippen molar-refractivity contribution in [2.24, 2.45) is 0 Å². The lowest BCUT2D eigenvalue weighted by atomic mass is 10.1. The first-order valence-corrected chi connectivity index (χ1v) is 12.2. The zero-order chi connectivity index (χ0) is 28.1. The molecular formula is C28H23ClFN3O6. The van der Waals surface area contributed by atoms with E-state index in [9.17, 15) is 23.6 Å². The van der Waals surface area contributed by atoms with Crippen molar-refractivity contribution in [1.82, 2.24) is 5.32 Å². The highest BCUT2D eigenvalue weighted by molar-refractivity contribution is 6.40. The van der Waals surface area contributed by atoms with Crippen LogP contribution in [0.15, 0.2) is 66.2 Å². The summed E-state index contributed by atoms with van der Waals surface area (Å²) < 4.78 is 25.0. The molecule has 2 N–H and O–H groups in total. The van der Waals surface area contributed by atoms with Crippen molar-refractivity contribution in [2.45, 2.75) is 13.8 Å². The molecule has 0 radical (unpaired) electrons. The van der Waals surface area contributed by atoms with Gasteiger partial charge in [0.05, 0.1) is 18.0 Å². The van der Waals surface area contributed by atoms with Crippen LogP contribution >= 0.6 is 11.6 Å². The summed E-state index contributed by atoms with van der Waals surface area (Å²) in [5.74, 6) is -2.38. The molecule has 39 heavy (non-hydrogen) atoms. The normalized spacial score (nSPS) is 14.3. The number of urea groups is 1. The summed E-state index contributed by atoms with van der Waals surface area (Å²) in [6.07, 6.45) is 1.31. The number of rotatable bonds is 8. The first-order valence-electron chi connectivity index (χ1n) is 11.8. The van der Waals surface area contributed by atoms with Gasteiger partial charge in [0.1, 0.15) is 11.4 Å². The van der Waals surface area contributed by atoms with Crippen LogP contribution in [0.25, 0.3) is 6.08 Å². The maximum Gasteiger partial charge on any atom is 0.335 e. The largest absolute Gasteiger partial charge is 0.490 e. The molecule has 1 fully saturated rings. The van der Waals surface area contributed by atoms with Crippen LogP contribution in [0.4, 0.5) is 20.6 Å². The third-order valence-electron chi connectivity index (χ3n) is 5.67. The van der Waals surface area contributed by atoms with Crippen LogP contribution in [-0.2, 0) is 14.4 Å². The van der Waals surface area contributed by atoms with Gasteiger partial charge in [-0.25, -0.2) is 14.1 Å². The Morgan fingerprint density at radius 2 is 1.82 bits per heavy atom. The van der Waals surface area contributed by atoms with E-state index in [1.165, 1.54) is 36.4 Å². The number of hydrogen-bond donors (Lipinski definition) is 2. The standard InChI is InChI=1S/C28H23ClFN3O6/c1-3-38-24-14-17(11-12-23(24)39-15-25(34)31-21-9-5-4-8-20(21)30)13-18-26(35)32-28(37)33(27(18)36)22-10-6-7-19(29)16(22)2/h4-14H,3,15H2,1-2H3,(H,31,34)(H,32,35,37)/b18-13-. The quantitative estimate of drug-likeness (QED) is 0.305. The van der Waals surface area contributed by atoms with Crippen LogP contribution in [-0.4, -0.2) is 37.0 Å². The Morgan fingerprint density at radius 3 is 2.56 bits per heavy atom. The molecule has 5 amide bonds. The molecule has 1 aliphatic heterocycles. The van der Waals surface area contributed by atoms with Gasteiger partial charge in [-0.2, -0.15) is 0 Å². The topological polar surface area (TPSA) is 114 Å². The molecule has 4 rings (SSSR count). The van der Waals surface area contributed by atoms with E-state index in [0.29, 0.717) is 16.1 Å². The van der Waals surface area contributed by atoms with Gasteiger partial charge in [0.15, 0.2) is 18.1 Å². The molecule has 3 aromatic carbocycles. The molecule has 0 aromatic heterocycles. The maximum absolute atomic E-state index is 13.8. The minimum atomic E-state index is -0.889. The summed E-state index contributed by atoms with van der Waals surface area (Å²) in [5, 5.41) is 4.95. The minimum Gasteiger partial charge on any atom is -0.490 e. The number of nitrogens with zero attached hydrogens (tertiary/aromatic N) is 1. The van der Waals surface area contributed by atoms with Gasteiger partial charge in [-0.05, 0) is 67.4 Å². The fraction of sp³-hybridized carbons (Fsp3) is 0.143. The van der Waals surface area contributed by atoms with Crippen molar-refractivity contribution < 1.29 is 33.0 Å². The molecule has 1 aliphatic rings. The predicted octanol–water partition coefficient (Wildman–Crippen LogP) is 4.87. The molecule has 200 valence electrons. The number of barbiturate groups is 1. The molecule has 9 nitrogen and oxygen atoms in total. The van der Waals surface area contributed by atoms with Gasteiger partial charge in [-0.15, -0.1) is 0 Å². The summed E-state index contributed by atoms with van der Waals surface area (Å²) in [5.41, 5.74) is 0.881. The maximum atomic E-state index is 13.8. The molecule has 0 saturated carbocycles. The number of imide groups is 2. The first kappa shape index (κ1) is 27.3. The predicted molar refractivity (Wildman–Crippen MR) is 143 cm³/mol. The summed E-state index contributed by atoms with van der Waals surface area (Å²) >= 11 is 6.16. The Hall–Kier alpha value is -4.70.